The molecule has 1 nitrogen and oxygen atoms in total. The average Bonchev–Trinajstić information content (AvgIpc) is 2.76. The van der Waals surface area contributed by atoms with E-state index in [2.05, 4.69) is 20.8 Å². The molecule has 2 fully saturated rings. The third-order valence-electron chi connectivity index (χ3n) is 4.92. The number of hydrogen-bond donors (Lipinski definition) is 0. The second-order valence-electron chi connectivity index (χ2n) is 6.96. The minimum Gasteiger partial charge on any atom is -0.290 e. The van der Waals surface area contributed by atoms with Crippen molar-refractivity contribution in [1.82, 2.24) is 0 Å². The third-order valence-corrected chi connectivity index (χ3v) is 4.92. The number of aliphatic imine (C=N–C) groups is 1. The lowest BCUT2D eigenvalue weighted by Gasteiger charge is -2.33. The van der Waals surface area contributed by atoms with Crippen molar-refractivity contribution < 1.29 is 0 Å². The van der Waals surface area contributed by atoms with E-state index in [0.717, 1.165) is 11.3 Å². The zero-order valence-electron chi connectivity index (χ0n) is 10.3. The number of hydrogen-bond acceptors (Lipinski definition) is 1. The van der Waals surface area contributed by atoms with Crippen LogP contribution in [0.2, 0.25) is 0 Å². The molecule has 3 rings (SSSR count). The van der Waals surface area contributed by atoms with Crippen LogP contribution in [0.25, 0.3) is 0 Å². The molecule has 0 N–H and O–H groups in total. The Bertz CT molecular complexity index is 304. The first kappa shape index (κ1) is 9.86. The molecule has 0 saturated heterocycles. The van der Waals surface area contributed by atoms with Gasteiger partial charge in [-0.2, -0.15) is 0 Å². The van der Waals surface area contributed by atoms with Crippen molar-refractivity contribution in [1.29, 1.82) is 0 Å². The number of fused-ring (bicyclic) bond motifs is 2. The first-order valence-corrected chi connectivity index (χ1v) is 6.58. The van der Waals surface area contributed by atoms with Gasteiger partial charge in [-0.3, -0.25) is 4.99 Å². The van der Waals surface area contributed by atoms with Gasteiger partial charge in [-0.1, -0.05) is 27.2 Å². The van der Waals surface area contributed by atoms with Crippen molar-refractivity contribution in [3.8, 4) is 0 Å². The van der Waals surface area contributed by atoms with Gasteiger partial charge in [0.15, 0.2) is 0 Å². The van der Waals surface area contributed by atoms with Crippen molar-refractivity contribution in [3.05, 3.63) is 0 Å². The van der Waals surface area contributed by atoms with Gasteiger partial charge in [-0.25, -0.2) is 0 Å². The Morgan fingerprint density at radius 2 is 1.93 bits per heavy atom. The topological polar surface area (TPSA) is 12.4 Å². The Morgan fingerprint density at radius 3 is 2.53 bits per heavy atom. The summed E-state index contributed by atoms with van der Waals surface area (Å²) in [6, 6.07) is 0.704. The molecular formula is C14H23N. The molecule has 1 heterocycles. The first-order valence-electron chi connectivity index (χ1n) is 6.58. The Morgan fingerprint density at radius 1 is 1.20 bits per heavy atom. The van der Waals surface area contributed by atoms with Gasteiger partial charge in [-0.05, 0) is 48.9 Å². The highest BCUT2D eigenvalue weighted by Gasteiger charge is 2.55. The standard InChI is InChI=1S/C14H23N/c1-13(2,3)12-9-10-11(15-12)5-4-6-14(10)7-8-14/h10-11H,4-9H2,1-3H3. The molecule has 1 heteroatoms. The molecule has 2 unspecified atom stereocenters. The zero-order chi connectivity index (χ0) is 10.7. The molecule has 15 heavy (non-hydrogen) atoms. The van der Waals surface area contributed by atoms with E-state index in [0.29, 0.717) is 11.5 Å². The number of nitrogens with zero attached hydrogens (tertiary/aromatic N) is 1. The van der Waals surface area contributed by atoms with Gasteiger partial charge in [0.05, 0.1) is 6.04 Å². The van der Waals surface area contributed by atoms with Gasteiger partial charge < -0.3 is 0 Å². The van der Waals surface area contributed by atoms with Crippen molar-refractivity contribution in [2.45, 2.75) is 65.3 Å². The van der Waals surface area contributed by atoms with Crippen LogP contribution < -0.4 is 0 Å². The van der Waals surface area contributed by atoms with E-state index in [-0.39, 0.29) is 0 Å². The zero-order valence-corrected chi connectivity index (χ0v) is 10.3. The fourth-order valence-electron chi connectivity index (χ4n) is 3.71. The summed E-state index contributed by atoms with van der Waals surface area (Å²) in [5.41, 5.74) is 2.58. The summed E-state index contributed by atoms with van der Waals surface area (Å²) >= 11 is 0. The van der Waals surface area contributed by atoms with E-state index in [1.807, 2.05) is 0 Å². The van der Waals surface area contributed by atoms with E-state index in [1.165, 1.54) is 44.2 Å². The molecule has 0 bridgehead atoms. The highest BCUT2D eigenvalue weighted by Crippen LogP contribution is 2.62. The van der Waals surface area contributed by atoms with Crippen molar-refractivity contribution >= 4 is 5.71 Å². The van der Waals surface area contributed by atoms with Crippen LogP contribution in [-0.2, 0) is 0 Å². The highest BCUT2D eigenvalue weighted by atomic mass is 14.9. The largest absolute Gasteiger partial charge is 0.290 e. The third kappa shape index (κ3) is 1.46. The molecule has 0 radical (unpaired) electrons. The SMILES string of the molecule is CC(C)(C)C1=NC2CCCC3(CC3)C2C1. The molecular weight excluding hydrogens is 182 g/mol. The lowest BCUT2D eigenvalue weighted by molar-refractivity contribution is 0.202. The normalized spacial score (nSPS) is 37.7. The predicted molar refractivity (Wildman–Crippen MR) is 64.3 cm³/mol. The summed E-state index contributed by atoms with van der Waals surface area (Å²) in [6.45, 7) is 6.97. The summed E-state index contributed by atoms with van der Waals surface area (Å²) in [5, 5.41) is 0. The molecule has 1 aliphatic heterocycles. The van der Waals surface area contributed by atoms with Crippen LogP contribution in [0, 0.1) is 16.7 Å². The van der Waals surface area contributed by atoms with Crippen LogP contribution in [0.5, 0.6) is 0 Å². The summed E-state index contributed by atoms with van der Waals surface area (Å²) in [4.78, 5) is 5.03. The molecule has 0 aromatic rings. The molecule has 0 aromatic carbocycles. The summed E-state index contributed by atoms with van der Waals surface area (Å²) in [5.74, 6) is 0.931. The van der Waals surface area contributed by atoms with Gasteiger partial charge >= 0.3 is 0 Å². The Hall–Kier alpha value is -0.330. The molecule has 0 aromatic heterocycles. The highest BCUT2D eigenvalue weighted by molar-refractivity contribution is 5.91. The Labute approximate surface area is 93.4 Å². The smallest absolute Gasteiger partial charge is 0.0536 e. The van der Waals surface area contributed by atoms with Crippen molar-refractivity contribution in [2.75, 3.05) is 0 Å². The van der Waals surface area contributed by atoms with Crippen molar-refractivity contribution in [2.24, 2.45) is 21.7 Å². The molecule has 0 amide bonds. The van der Waals surface area contributed by atoms with E-state index >= 15 is 0 Å². The molecule has 84 valence electrons. The van der Waals surface area contributed by atoms with E-state index in [9.17, 15) is 0 Å². The Kier molecular flexibility index (Phi) is 1.88. The maximum absolute atomic E-state index is 5.03. The van der Waals surface area contributed by atoms with Crippen LogP contribution in [0.3, 0.4) is 0 Å². The van der Waals surface area contributed by atoms with Gasteiger partial charge in [0, 0.05) is 5.71 Å². The summed E-state index contributed by atoms with van der Waals surface area (Å²) in [6.07, 6.45) is 8.62. The fourth-order valence-corrected chi connectivity index (χ4v) is 3.71. The lowest BCUT2D eigenvalue weighted by atomic mass is 9.71. The molecule has 2 aliphatic carbocycles. The predicted octanol–water partition coefficient (Wildman–Crippen LogP) is 3.83. The van der Waals surface area contributed by atoms with Gasteiger partial charge in [0.2, 0.25) is 0 Å². The Balaban J connectivity index is 1.83. The quantitative estimate of drug-likeness (QED) is 0.570. The second kappa shape index (κ2) is 2.87. The summed E-state index contributed by atoms with van der Waals surface area (Å²) in [7, 11) is 0. The second-order valence-corrected chi connectivity index (χ2v) is 6.96. The minimum absolute atomic E-state index is 0.313. The van der Waals surface area contributed by atoms with E-state index in [4.69, 9.17) is 4.99 Å². The average molecular weight is 205 g/mol. The monoisotopic (exact) mass is 205 g/mol. The maximum atomic E-state index is 5.03. The van der Waals surface area contributed by atoms with Crippen LogP contribution in [0.4, 0.5) is 0 Å². The maximum Gasteiger partial charge on any atom is 0.0536 e. The molecule has 3 aliphatic rings. The molecule has 2 atom stereocenters. The molecule has 2 saturated carbocycles. The first-order chi connectivity index (χ1) is 7.01. The minimum atomic E-state index is 0.313. The number of rotatable bonds is 0. The van der Waals surface area contributed by atoms with Crippen LogP contribution in [-0.4, -0.2) is 11.8 Å². The van der Waals surface area contributed by atoms with Crippen LogP contribution >= 0.6 is 0 Å². The summed E-state index contributed by atoms with van der Waals surface area (Å²) < 4.78 is 0. The van der Waals surface area contributed by atoms with Gasteiger partial charge in [0.25, 0.3) is 0 Å². The van der Waals surface area contributed by atoms with Crippen molar-refractivity contribution in [3.63, 3.8) is 0 Å². The van der Waals surface area contributed by atoms with E-state index in [1.54, 1.807) is 0 Å². The fraction of sp³-hybridized carbons (Fsp3) is 0.929. The van der Waals surface area contributed by atoms with Gasteiger partial charge in [-0.15, -0.1) is 0 Å². The lowest BCUT2D eigenvalue weighted by Crippen LogP contribution is -2.30. The van der Waals surface area contributed by atoms with E-state index < -0.39 is 0 Å². The molecule has 1 spiro atoms. The van der Waals surface area contributed by atoms with Crippen LogP contribution in [0.15, 0.2) is 4.99 Å². The van der Waals surface area contributed by atoms with Crippen LogP contribution in [0.1, 0.15) is 59.3 Å². The van der Waals surface area contributed by atoms with Gasteiger partial charge in [0.1, 0.15) is 0 Å².